The van der Waals surface area contributed by atoms with E-state index >= 15 is 0 Å². The second-order valence-electron chi connectivity index (χ2n) is 5.31. The van der Waals surface area contributed by atoms with Gasteiger partial charge in [-0.05, 0) is 42.7 Å². The third-order valence-electron chi connectivity index (χ3n) is 3.62. The van der Waals surface area contributed by atoms with E-state index in [1.807, 2.05) is 6.07 Å². The zero-order valence-corrected chi connectivity index (χ0v) is 11.5. The molecule has 3 nitrogen and oxygen atoms in total. The molecule has 0 unspecified atom stereocenters. The highest BCUT2D eigenvalue weighted by Gasteiger charge is 2.33. The Kier molecular flexibility index (Phi) is 3.60. The average Bonchev–Trinajstić information content (AvgIpc) is 3.29. The largest absolute Gasteiger partial charge is 0.508 e. The minimum atomic E-state index is -0.496. The summed E-state index contributed by atoms with van der Waals surface area (Å²) in [5.41, 5.74) is 0.941. The Morgan fingerprint density at radius 3 is 2.62 bits per heavy atom. The van der Waals surface area contributed by atoms with E-state index in [2.05, 4.69) is 0 Å². The number of phenols is 1. The van der Waals surface area contributed by atoms with Gasteiger partial charge in [0.2, 0.25) is 0 Å². The lowest BCUT2D eigenvalue weighted by atomic mass is 10.1. The Balaban J connectivity index is 1.85. The molecular weight excluding hydrogens is 269 g/mol. The molecule has 0 aromatic heterocycles. The second kappa shape index (κ2) is 5.56. The Morgan fingerprint density at radius 1 is 1.19 bits per heavy atom. The monoisotopic (exact) mass is 285 g/mol. The summed E-state index contributed by atoms with van der Waals surface area (Å²) >= 11 is 0. The first-order valence-corrected chi connectivity index (χ1v) is 6.98. The smallest absolute Gasteiger partial charge is 0.257 e. The van der Waals surface area contributed by atoms with Crippen LogP contribution in [0.4, 0.5) is 4.39 Å². The van der Waals surface area contributed by atoms with Crippen molar-refractivity contribution in [1.29, 1.82) is 0 Å². The number of halogens is 1. The van der Waals surface area contributed by atoms with Crippen LogP contribution in [0.5, 0.6) is 5.75 Å². The number of benzene rings is 2. The summed E-state index contributed by atoms with van der Waals surface area (Å²) in [6.07, 6.45) is 1.89. The van der Waals surface area contributed by atoms with Gasteiger partial charge in [0.1, 0.15) is 11.6 Å². The summed E-state index contributed by atoms with van der Waals surface area (Å²) in [6.45, 7) is 0.381. The minimum Gasteiger partial charge on any atom is -0.508 e. The molecule has 0 atom stereocenters. The van der Waals surface area contributed by atoms with Crippen LogP contribution >= 0.6 is 0 Å². The van der Waals surface area contributed by atoms with Crippen LogP contribution in [0.15, 0.2) is 48.5 Å². The van der Waals surface area contributed by atoms with E-state index in [0.29, 0.717) is 6.54 Å². The molecule has 0 radical (unpaired) electrons. The van der Waals surface area contributed by atoms with Gasteiger partial charge >= 0.3 is 0 Å². The van der Waals surface area contributed by atoms with Gasteiger partial charge in [0.25, 0.3) is 5.91 Å². The number of phenolic OH excluding ortho intramolecular Hbond substituents is 1. The van der Waals surface area contributed by atoms with Gasteiger partial charge in [0.05, 0.1) is 5.56 Å². The fraction of sp³-hybridized carbons (Fsp3) is 0.235. The van der Waals surface area contributed by atoms with E-state index in [-0.39, 0.29) is 23.3 Å². The first kappa shape index (κ1) is 13.6. The molecule has 0 saturated heterocycles. The quantitative estimate of drug-likeness (QED) is 0.936. The Bertz CT molecular complexity index is 667. The topological polar surface area (TPSA) is 40.5 Å². The molecule has 0 heterocycles. The van der Waals surface area contributed by atoms with Crippen LogP contribution in [0.3, 0.4) is 0 Å². The first-order chi connectivity index (χ1) is 10.1. The molecule has 1 aliphatic rings. The lowest BCUT2D eigenvalue weighted by molar-refractivity contribution is 0.0725. The number of hydrogen-bond acceptors (Lipinski definition) is 2. The highest BCUT2D eigenvalue weighted by molar-refractivity contribution is 5.94. The molecule has 21 heavy (non-hydrogen) atoms. The second-order valence-corrected chi connectivity index (χ2v) is 5.31. The summed E-state index contributed by atoms with van der Waals surface area (Å²) in [6, 6.07) is 13.0. The summed E-state index contributed by atoms with van der Waals surface area (Å²) in [5.74, 6) is -0.621. The summed E-state index contributed by atoms with van der Waals surface area (Å²) < 4.78 is 13.8. The maximum atomic E-state index is 13.8. The van der Waals surface area contributed by atoms with Gasteiger partial charge in [-0.1, -0.05) is 24.3 Å². The van der Waals surface area contributed by atoms with Gasteiger partial charge in [0, 0.05) is 12.6 Å². The summed E-state index contributed by atoms with van der Waals surface area (Å²) in [7, 11) is 0. The number of carbonyl (C=O) groups excluding carboxylic acids is 1. The number of carbonyl (C=O) groups is 1. The van der Waals surface area contributed by atoms with Crippen LogP contribution < -0.4 is 0 Å². The van der Waals surface area contributed by atoms with E-state index in [4.69, 9.17) is 0 Å². The van der Waals surface area contributed by atoms with Gasteiger partial charge in [-0.15, -0.1) is 0 Å². The van der Waals surface area contributed by atoms with Crippen molar-refractivity contribution in [3.05, 3.63) is 65.5 Å². The Hall–Kier alpha value is -2.36. The average molecular weight is 285 g/mol. The molecule has 1 amide bonds. The third kappa shape index (κ3) is 3.05. The molecule has 1 fully saturated rings. The van der Waals surface area contributed by atoms with Gasteiger partial charge in [-0.25, -0.2) is 4.39 Å². The molecule has 0 aliphatic heterocycles. The number of aromatic hydroxyl groups is 1. The number of amides is 1. The van der Waals surface area contributed by atoms with Crippen molar-refractivity contribution in [1.82, 2.24) is 4.90 Å². The molecule has 0 bridgehead atoms. The maximum Gasteiger partial charge on any atom is 0.257 e. The van der Waals surface area contributed by atoms with Gasteiger partial charge in [-0.2, -0.15) is 0 Å². The molecule has 2 aromatic carbocycles. The molecule has 0 spiro atoms. The van der Waals surface area contributed by atoms with Crippen molar-refractivity contribution < 1.29 is 14.3 Å². The van der Waals surface area contributed by atoms with Crippen LogP contribution in [-0.2, 0) is 6.54 Å². The van der Waals surface area contributed by atoms with E-state index in [1.165, 1.54) is 12.1 Å². The molecule has 1 N–H and O–H groups in total. The van der Waals surface area contributed by atoms with Crippen molar-refractivity contribution in [2.24, 2.45) is 0 Å². The van der Waals surface area contributed by atoms with Crippen molar-refractivity contribution in [2.75, 3.05) is 0 Å². The summed E-state index contributed by atoms with van der Waals surface area (Å²) in [5, 5.41) is 9.52. The van der Waals surface area contributed by atoms with Crippen LogP contribution in [0.2, 0.25) is 0 Å². The van der Waals surface area contributed by atoms with Crippen LogP contribution in [0.1, 0.15) is 28.8 Å². The first-order valence-electron chi connectivity index (χ1n) is 6.98. The van der Waals surface area contributed by atoms with Crippen molar-refractivity contribution >= 4 is 5.91 Å². The normalized spacial score (nSPS) is 14.0. The van der Waals surface area contributed by atoms with E-state index in [9.17, 15) is 14.3 Å². The highest BCUT2D eigenvalue weighted by Crippen LogP contribution is 2.30. The summed E-state index contributed by atoms with van der Waals surface area (Å²) in [4.78, 5) is 14.2. The molecule has 108 valence electrons. The van der Waals surface area contributed by atoms with Crippen LogP contribution in [-0.4, -0.2) is 22.0 Å². The van der Waals surface area contributed by atoms with Gasteiger partial charge < -0.3 is 10.0 Å². The number of rotatable bonds is 4. The number of hydrogen-bond donors (Lipinski definition) is 1. The molecule has 3 rings (SSSR count). The molecule has 2 aromatic rings. The maximum absolute atomic E-state index is 13.8. The standard InChI is InChI=1S/C17H16FNO2/c18-16-7-2-1-6-15(16)17(21)19(13-8-9-13)11-12-4-3-5-14(20)10-12/h1-7,10,13,20H,8-9,11H2. The predicted molar refractivity (Wildman–Crippen MR) is 77.4 cm³/mol. The lowest BCUT2D eigenvalue weighted by Crippen LogP contribution is -2.33. The molecule has 1 saturated carbocycles. The van der Waals surface area contributed by atoms with E-state index in [0.717, 1.165) is 18.4 Å². The predicted octanol–water partition coefficient (Wildman–Crippen LogP) is 3.34. The SMILES string of the molecule is O=C(c1ccccc1F)N(Cc1cccc(O)c1)C1CC1. The molecule has 1 aliphatic carbocycles. The Labute approximate surface area is 122 Å². The van der Waals surface area contributed by atoms with E-state index < -0.39 is 5.82 Å². The van der Waals surface area contributed by atoms with Crippen LogP contribution in [0, 0.1) is 5.82 Å². The van der Waals surface area contributed by atoms with Gasteiger partial charge in [0.15, 0.2) is 0 Å². The highest BCUT2D eigenvalue weighted by atomic mass is 19.1. The Morgan fingerprint density at radius 2 is 1.95 bits per heavy atom. The van der Waals surface area contributed by atoms with Crippen molar-refractivity contribution in [2.45, 2.75) is 25.4 Å². The zero-order chi connectivity index (χ0) is 14.8. The fourth-order valence-corrected chi connectivity index (χ4v) is 2.39. The van der Waals surface area contributed by atoms with Crippen molar-refractivity contribution in [3.8, 4) is 5.75 Å². The molecular formula is C17H16FNO2. The minimum absolute atomic E-state index is 0.101. The van der Waals surface area contributed by atoms with Crippen LogP contribution in [0.25, 0.3) is 0 Å². The number of nitrogens with zero attached hydrogens (tertiary/aromatic N) is 1. The van der Waals surface area contributed by atoms with Gasteiger partial charge in [-0.3, -0.25) is 4.79 Å². The molecule has 4 heteroatoms. The van der Waals surface area contributed by atoms with E-state index in [1.54, 1.807) is 35.2 Å². The van der Waals surface area contributed by atoms with Crippen molar-refractivity contribution in [3.63, 3.8) is 0 Å². The fourth-order valence-electron chi connectivity index (χ4n) is 2.39. The lowest BCUT2D eigenvalue weighted by Gasteiger charge is -2.23. The zero-order valence-electron chi connectivity index (χ0n) is 11.5. The third-order valence-corrected chi connectivity index (χ3v) is 3.62.